The van der Waals surface area contributed by atoms with Gasteiger partial charge in [-0.05, 0) is 30.0 Å². The molecule has 0 saturated carbocycles. The number of hydrogen-bond donors (Lipinski definition) is 0. The Morgan fingerprint density at radius 1 is 1.06 bits per heavy atom. The molecule has 164 valence electrons. The molecule has 3 heterocycles. The smallest absolute Gasteiger partial charge is 0.338 e. The normalized spacial score (nSPS) is 15.8. The Labute approximate surface area is 198 Å². The van der Waals surface area contributed by atoms with Gasteiger partial charge in [-0.15, -0.1) is 11.3 Å². The van der Waals surface area contributed by atoms with Crippen molar-refractivity contribution in [2.24, 2.45) is 4.99 Å². The maximum atomic E-state index is 13.6. The molecule has 0 N–H and O–H groups in total. The topological polar surface area (TPSA) is 60.7 Å². The van der Waals surface area contributed by atoms with E-state index >= 15 is 0 Å². The average molecular weight is 473 g/mol. The van der Waals surface area contributed by atoms with Crippen LogP contribution in [0.3, 0.4) is 0 Å². The van der Waals surface area contributed by atoms with Crippen molar-refractivity contribution in [3.63, 3.8) is 0 Å². The van der Waals surface area contributed by atoms with Crippen molar-refractivity contribution in [2.45, 2.75) is 13.0 Å². The fourth-order valence-electron chi connectivity index (χ4n) is 3.89. The minimum absolute atomic E-state index is 0.171. The lowest BCUT2D eigenvalue weighted by molar-refractivity contribution is -0.138. The molecule has 0 amide bonds. The number of carbonyl (C=O) groups excluding carboxylic acids is 1. The molecule has 5 nitrogen and oxygen atoms in total. The summed E-state index contributed by atoms with van der Waals surface area (Å²) in [5.74, 6) is -0.471. The van der Waals surface area contributed by atoms with Gasteiger partial charge in [0.05, 0.1) is 28.5 Å². The summed E-state index contributed by atoms with van der Waals surface area (Å²) in [5.41, 5.74) is 2.36. The summed E-state index contributed by atoms with van der Waals surface area (Å²) in [6.07, 6.45) is 1.88. The van der Waals surface area contributed by atoms with E-state index in [1.54, 1.807) is 22.8 Å². The Morgan fingerprint density at radius 2 is 1.79 bits per heavy atom. The minimum Gasteiger partial charge on any atom is -0.463 e. The molecule has 0 fully saturated rings. The third kappa shape index (κ3) is 4.01. The van der Waals surface area contributed by atoms with Crippen LogP contribution in [0.1, 0.15) is 29.0 Å². The van der Waals surface area contributed by atoms with Gasteiger partial charge in [-0.3, -0.25) is 9.36 Å². The zero-order valence-corrected chi connectivity index (χ0v) is 19.4. The highest BCUT2D eigenvalue weighted by Gasteiger charge is 2.35. The number of nitrogens with zero attached hydrogens (tertiary/aromatic N) is 2. The molecule has 0 saturated heterocycles. The molecule has 1 unspecified atom stereocenters. The lowest BCUT2D eigenvalue weighted by atomic mass is 9.93. The van der Waals surface area contributed by atoms with Crippen LogP contribution >= 0.6 is 22.7 Å². The van der Waals surface area contributed by atoms with Crippen molar-refractivity contribution >= 4 is 40.4 Å². The van der Waals surface area contributed by atoms with Crippen LogP contribution in [0.25, 0.3) is 11.8 Å². The molecule has 5 rings (SSSR count). The average Bonchev–Trinajstić information content (AvgIpc) is 3.47. The molecule has 1 aliphatic heterocycles. The van der Waals surface area contributed by atoms with Crippen molar-refractivity contribution < 1.29 is 9.53 Å². The standard InChI is InChI=1S/C26H20N2O3S2/c1-2-31-25(30)21-22(17-10-5-3-6-11-17)27-26-28(23(21)18-12-7-4-8-13-18)24(29)20(33-26)16-19-14-9-15-32-19/h3-16,23H,2H2,1H3/b20-16-. The Morgan fingerprint density at radius 3 is 2.45 bits per heavy atom. The maximum Gasteiger partial charge on any atom is 0.338 e. The second-order valence-electron chi connectivity index (χ2n) is 7.36. The molecule has 0 spiro atoms. The van der Waals surface area contributed by atoms with E-state index in [-0.39, 0.29) is 12.2 Å². The van der Waals surface area contributed by atoms with Gasteiger partial charge in [-0.2, -0.15) is 0 Å². The fraction of sp³-hybridized carbons (Fsp3) is 0.115. The van der Waals surface area contributed by atoms with E-state index < -0.39 is 12.0 Å². The molecule has 0 aliphatic carbocycles. The number of ether oxygens (including phenoxy) is 1. The zero-order chi connectivity index (χ0) is 22.8. The molecule has 1 aliphatic rings. The summed E-state index contributed by atoms with van der Waals surface area (Å²) >= 11 is 2.90. The number of esters is 1. The second kappa shape index (κ2) is 9.13. The molecular formula is C26H20N2O3S2. The largest absolute Gasteiger partial charge is 0.463 e. The fourth-order valence-corrected chi connectivity index (χ4v) is 5.62. The third-order valence-corrected chi connectivity index (χ3v) is 7.11. The first kappa shape index (κ1) is 21.3. The Balaban J connectivity index is 1.85. The third-order valence-electron chi connectivity index (χ3n) is 5.31. The number of rotatable bonds is 5. The number of hydrogen-bond acceptors (Lipinski definition) is 6. The molecule has 2 aromatic heterocycles. The van der Waals surface area contributed by atoms with Gasteiger partial charge in [0.15, 0.2) is 4.80 Å². The number of aromatic nitrogens is 1. The zero-order valence-electron chi connectivity index (χ0n) is 17.8. The van der Waals surface area contributed by atoms with E-state index in [1.165, 1.54) is 11.3 Å². The number of thiophene rings is 1. The van der Waals surface area contributed by atoms with Crippen LogP contribution in [0.2, 0.25) is 0 Å². The second-order valence-corrected chi connectivity index (χ2v) is 9.35. The number of fused-ring (bicyclic) bond motifs is 1. The van der Waals surface area contributed by atoms with Crippen LogP contribution in [0.4, 0.5) is 0 Å². The minimum atomic E-state index is -0.637. The lowest BCUT2D eigenvalue weighted by Gasteiger charge is -2.25. The van der Waals surface area contributed by atoms with Gasteiger partial charge in [-0.25, -0.2) is 9.79 Å². The number of carbonyl (C=O) groups is 1. The summed E-state index contributed by atoms with van der Waals surface area (Å²) in [6.45, 7) is 2.00. The van der Waals surface area contributed by atoms with Gasteiger partial charge in [0, 0.05) is 10.4 Å². The number of benzene rings is 2. The van der Waals surface area contributed by atoms with Gasteiger partial charge in [0.25, 0.3) is 5.56 Å². The van der Waals surface area contributed by atoms with E-state index in [9.17, 15) is 9.59 Å². The van der Waals surface area contributed by atoms with Crippen LogP contribution in [0.15, 0.2) is 93.5 Å². The van der Waals surface area contributed by atoms with Crippen LogP contribution in [-0.4, -0.2) is 17.1 Å². The lowest BCUT2D eigenvalue weighted by Crippen LogP contribution is -2.39. The summed E-state index contributed by atoms with van der Waals surface area (Å²) in [5, 5.41) is 1.97. The predicted octanol–water partition coefficient (Wildman–Crippen LogP) is 4.00. The van der Waals surface area contributed by atoms with E-state index in [0.717, 1.165) is 16.0 Å². The molecule has 4 aromatic rings. The molecule has 1 atom stereocenters. The first-order valence-corrected chi connectivity index (χ1v) is 12.2. The molecule has 0 bridgehead atoms. The van der Waals surface area contributed by atoms with E-state index in [0.29, 0.717) is 20.6 Å². The maximum absolute atomic E-state index is 13.6. The Kier molecular flexibility index (Phi) is 5.90. The van der Waals surface area contributed by atoms with Crippen molar-refractivity contribution in [1.29, 1.82) is 0 Å². The van der Waals surface area contributed by atoms with Crippen molar-refractivity contribution in [3.8, 4) is 0 Å². The van der Waals surface area contributed by atoms with Crippen LogP contribution in [0, 0.1) is 0 Å². The van der Waals surface area contributed by atoms with Gasteiger partial charge >= 0.3 is 5.97 Å². The summed E-state index contributed by atoms with van der Waals surface area (Å²) in [4.78, 5) is 33.3. The SMILES string of the molecule is CCOC(=O)C1=C(c2ccccc2)N=c2s/c(=C\c3cccs3)c(=O)n2C1c1ccccc1. The van der Waals surface area contributed by atoms with Crippen molar-refractivity contribution in [1.82, 2.24) is 4.57 Å². The van der Waals surface area contributed by atoms with Crippen LogP contribution < -0.4 is 14.9 Å². The highest BCUT2D eigenvalue weighted by molar-refractivity contribution is 7.11. The van der Waals surface area contributed by atoms with Crippen LogP contribution in [-0.2, 0) is 9.53 Å². The van der Waals surface area contributed by atoms with E-state index in [1.807, 2.05) is 84.3 Å². The summed E-state index contributed by atoms with van der Waals surface area (Å²) in [6, 6.07) is 22.4. The molecule has 0 radical (unpaired) electrons. The van der Waals surface area contributed by atoms with Gasteiger partial charge in [0.1, 0.15) is 0 Å². The van der Waals surface area contributed by atoms with Gasteiger partial charge in [0.2, 0.25) is 0 Å². The first-order valence-electron chi connectivity index (χ1n) is 10.5. The van der Waals surface area contributed by atoms with Gasteiger partial charge < -0.3 is 4.74 Å². The predicted molar refractivity (Wildman–Crippen MR) is 132 cm³/mol. The number of thiazole rings is 1. The Bertz CT molecular complexity index is 1500. The van der Waals surface area contributed by atoms with Crippen LogP contribution in [0.5, 0.6) is 0 Å². The molecule has 33 heavy (non-hydrogen) atoms. The first-order chi connectivity index (χ1) is 16.2. The molecule has 7 heteroatoms. The quantitative estimate of drug-likeness (QED) is 0.413. The molecule has 2 aromatic carbocycles. The monoisotopic (exact) mass is 472 g/mol. The highest BCUT2D eigenvalue weighted by atomic mass is 32.1. The van der Waals surface area contributed by atoms with E-state index in [2.05, 4.69) is 0 Å². The Hall–Kier alpha value is -3.55. The van der Waals surface area contributed by atoms with E-state index in [4.69, 9.17) is 9.73 Å². The van der Waals surface area contributed by atoms with Crippen molar-refractivity contribution in [2.75, 3.05) is 6.61 Å². The summed E-state index contributed by atoms with van der Waals surface area (Å²) in [7, 11) is 0. The van der Waals surface area contributed by atoms with Gasteiger partial charge in [-0.1, -0.05) is 78.1 Å². The highest BCUT2D eigenvalue weighted by Crippen LogP contribution is 2.35. The molecular weight excluding hydrogens is 452 g/mol. The summed E-state index contributed by atoms with van der Waals surface area (Å²) < 4.78 is 7.66. The van der Waals surface area contributed by atoms with Crippen molar-refractivity contribution in [3.05, 3.63) is 119 Å².